The van der Waals surface area contributed by atoms with E-state index in [1.807, 2.05) is 36.4 Å². The molecule has 1 aliphatic heterocycles. The molecule has 2 N–H and O–H groups in total. The number of nitrogen functional groups attached to an aromatic ring is 1. The highest BCUT2D eigenvalue weighted by Gasteiger charge is 2.29. The molecule has 0 aliphatic carbocycles. The van der Waals surface area contributed by atoms with Gasteiger partial charge in [0.1, 0.15) is 0 Å². The summed E-state index contributed by atoms with van der Waals surface area (Å²) < 4.78 is 27.8. The number of hydrogen-bond donors (Lipinski definition) is 1. The molecule has 0 radical (unpaired) electrons. The molecule has 0 spiro atoms. The standard InChI is InChI=1S/C18H16N2O2S2/c19-15-6-8-18-17(12-15)20(9-10-23-18)24(21,22)16-7-5-13-3-1-2-4-14(13)11-16/h1-8,11-12H,9-10,19H2. The van der Waals surface area contributed by atoms with Gasteiger partial charge >= 0.3 is 0 Å². The summed E-state index contributed by atoms with van der Waals surface area (Å²) in [6.07, 6.45) is 0. The molecule has 1 aliphatic rings. The maximum absolute atomic E-state index is 13.2. The molecule has 0 aromatic heterocycles. The summed E-state index contributed by atoms with van der Waals surface area (Å²) in [5.41, 5.74) is 7.10. The molecule has 1 heterocycles. The fourth-order valence-electron chi connectivity index (χ4n) is 2.92. The summed E-state index contributed by atoms with van der Waals surface area (Å²) in [7, 11) is -3.62. The van der Waals surface area contributed by atoms with Gasteiger partial charge in [-0.2, -0.15) is 0 Å². The van der Waals surface area contributed by atoms with Crippen molar-refractivity contribution < 1.29 is 8.42 Å². The van der Waals surface area contributed by atoms with Gasteiger partial charge in [0.25, 0.3) is 10.0 Å². The Bertz CT molecular complexity index is 1030. The lowest BCUT2D eigenvalue weighted by Crippen LogP contribution is -2.35. The van der Waals surface area contributed by atoms with Crippen LogP contribution in [-0.2, 0) is 10.0 Å². The van der Waals surface area contributed by atoms with Gasteiger partial charge in [0.05, 0.1) is 10.6 Å². The fraction of sp³-hybridized carbons (Fsp3) is 0.111. The molecule has 4 rings (SSSR count). The van der Waals surface area contributed by atoms with Crippen LogP contribution in [0.25, 0.3) is 10.8 Å². The number of thioether (sulfide) groups is 1. The van der Waals surface area contributed by atoms with E-state index in [2.05, 4.69) is 0 Å². The van der Waals surface area contributed by atoms with Crippen LogP contribution in [0.3, 0.4) is 0 Å². The molecule has 24 heavy (non-hydrogen) atoms. The third kappa shape index (κ3) is 2.52. The molecule has 0 unspecified atom stereocenters. The van der Waals surface area contributed by atoms with E-state index in [0.717, 1.165) is 21.4 Å². The number of nitrogens with two attached hydrogens (primary N) is 1. The molecule has 0 atom stereocenters. The summed E-state index contributed by atoms with van der Waals surface area (Å²) in [5.74, 6) is 0.726. The fourth-order valence-corrected chi connectivity index (χ4v) is 5.58. The third-order valence-corrected chi connectivity index (χ3v) is 6.96. The Balaban J connectivity index is 1.84. The normalized spacial score (nSPS) is 14.6. The van der Waals surface area contributed by atoms with Crippen LogP contribution in [0, 0.1) is 0 Å². The molecule has 0 bridgehead atoms. The second-order valence-electron chi connectivity index (χ2n) is 5.66. The monoisotopic (exact) mass is 356 g/mol. The number of fused-ring (bicyclic) bond motifs is 2. The van der Waals surface area contributed by atoms with Crippen LogP contribution in [0.2, 0.25) is 0 Å². The van der Waals surface area contributed by atoms with Crippen LogP contribution in [0.5, 0.6) is 0 Å². The molecular weight excluding hydrogens is 340 g/mol. The van der Waals surface area contributed by atoms with E-state index in [0.29, 0.717) is 22.8 Å². The zero-order valence-electron chi connectivity index (χ0n) is 12.8. The minimum absolute atomic E-state index is 0.307. The predicted octanol–water partition coefficient (Wildman–Crippen LogP) is 3.72. The van der Waals surface area contributed by atoms with Gasteiger partial charge in [0.15, 0.2) is 0 Å². The second-order valence-corrected chi connectivity index (χ2v) is 8.66. The molecule has 122 valence electrons. The first-order valence-electron chi connectivity index (χ1n) is 7.59. The van der Waals surface area contributed by atoms with Gasteiger partial charge in [-0.3, -0.25) is 4.31 Å². The first-order valence-corrected chi connectivity index (χ1v) is 10.0. The number of nitrogens with zero attached hydrogens (tertiary/aromatic N) is 1. The first-order chi connectivity index (χ1) is 11.6. The molecule has 4 nitrogen and oxygen atoms in total. The van der Waals surface area contributed by atoms with Crippen molar-refractivity contribution in [1.82, 2.24) is 0 Å². The number of benzene rings is 3. The van der Waals surface area contributed by atoms with Gasteiger partial charge < -0.3 is 5.73 Å². The number of anilines is 2. The van der Waals surface area contributed by atoms with Crippen LogP contribution in [0.1, 0.15) is 0 Å². The first kappa shape index (κ1) is 15.4. The largest absolute Gasteiger partial charge is 0.399 e. The molecule has 0 saturated heterocycles. The molecule has 3 aromatic rings. The predicted molar refractivity (Wildman–Crippen MR) is 100 cm³/mol. The van der Waals surface area contributed by atoms with E-state index in [4.69, 9.17) is 5.73 Å². The quantitative estimate of drug-likeness (QED) is 0.711. The van der Waals surface area contributed by atoms with Gasteiger partial charge in [-0.1, -0.05) is 30.3 Å². The van der Waals surface area contributed by atoms with E-state index in [1.54, 1.807) is 36.0 Å². The Morgan fingerprint density at radius 3 is 2.58 bits per heavy atom. The van der Waals surface area contributed by atoms with Gasteiger partial charge in [-0.05, 0) is 41.1 Å². The molecule has 0 saturated carbocycles. The Morgan fingerprint density at radius 2 is 1.75 bits per heavy atom. The van der Waals surface area contributed by atoms with E-state index in [9.17, 15) is 8.42 Å². The van der Waals surface area contributed by atoms with Crippen molar-refractivity contribution >= 4 is 43.9 Å². The maximum Gasteiger partial charge on any atom is 0.264 e. The number of rotatable bonds is 2. The molecule has 0 fully saturated rings. The highest BCUT2D eigenvalue weighted by atomic mass is 32.2. The van der Waals surface area contributed by atoms with Crippen molar-refractivity contribution in [1.29, 1.82) is 0 Å². The van der Waals surface area contributed by atoms with Gasteiger partial charge in [0, 0.05) is 22.9 Å². The summed E-state index contributed by atoms with van der Waals surface area (Å²) in [6.45, 7) is 0.441. The van der Waals surface area contributed by atoms with Crippen molar-refractivity contribution in [3.63, 3.8) is 0 Å². The van der Waals surface area contributed by atoms with Crippen molar-refractivity contribution in [2.75, 3.05) is 22.3 Å². The van der Waals surface area contributed by atoms with Crippen LogP contribution in [0.15, 0.2) is 70.5 Å². The van der Waals surface area contributed by atoms with Crippen LogP contribution < -0.4 is 10.0 Å². The zero-order chi connectivity index (χ0) is 16.7. The highest BCUT2D eigenvalue weighted by Crippen LogP contribution is 2.39. The number of hydrogen-bond acceptors (Lipinski definition) is 4. The average molecular weight is 356 g/mol. The second kappa shape index (κ2) is 5.72. The van der Waals surface area contributed by atoms with E-state index < -0.39 is 10.0 Å². The van der Waals surface area contributed by atoms with E-state index in [-0.39, 0.29) is 0 Å². The van der Waals surface area contributed by atoms with Crippen molar-refractivity contribution in [3.05, 3.63) is 60.7 Å². The topological polar surface area (TPSA) is 63.4 Å². The summed E-state index contributed by atoms with van der Waals surface area (Å²) >= 11 is 1.65. The average Bonchev–Trinajstić information content (AvgIpc) is 2.60. The summed E-state index contributed by atoms with van der Waals surface area (Å²) in [4.78, 5) is 1.25. The lowest BCUT2D eigenvalue weighted by Gasteiger charge is -2.30. The van der Waals surface area contributed by atoms with E-state index >= 15 is 0 Å². The van der Waals surface area contributed by atoms with Crippen LogP contribution in [0.4, 0.5) is 11.4 Å². The van der Waals surface area contributed by atoms with Crippen molar-refractivity contribution in [3.8, 4) is 0 Å². The Hall–Kier alpha value is -2.18. The SMILES string of the molecule is Nc1ccc2c(c1)N(S(=O)(=O)c1ccc3ccccc3c1)CCS2. The maximum atomic E-state index is 13.2. The minimum atomic E-state index is -3.62. The molecule has 3 aromatic carbocycles. The summed E-state index contributed by atoms with van der Waals surface area (Å²) in [6, 6.07) is 18.4. The van der Waals surface area contributed by atoms with Crippen molar-refractivity contribution in [2.45, 2.75) is 9.79 Å². The molecule has 6 heteroatoms. The highest BCUT2D eigenvalue weighted by molar-refractivity contribution is 8.00. The number of sulfonamides is 1. The molecule has 0 amide bonds. The zero-order valence-corrected chi connectivity index (χ0v) is 14.5. The Kier molecular flexibility index (Phi) is 3.66. The minimum Gasteiger partial charge on any atom is -0.399 e. The summed E-state index contributed by atoms with van der Waals surface area (Å²) in [5, 5.41) is 1.94. The van der Waals surface area contributed by atoms with Gasteiger partial charge in [0.2, 0.25) is 0 Å². The van der Waals surface area contributed by atoms with Gasteiger partial charge in [-0.25, -0.2) is 8.42 Å². The van der Waals surface area contributed by atoms with E-state index in [1.165, 1.54) is 4.31 Å². The lowest BCUT2D eigenvalue weighted by atomic mass is 10.1. The third-order valence-electron chi connectivity index (χ3n) is 4.11. The smallest absolute Gasteiger partial charge is 0.264 e. The van der Waals surface area contributed by atoms with Gasteiger partial charge in [-0.15, -0.1) is 11.8 Å². The van der Waals surface area contributed by atoms with Crippen molar-refractivity contribution in [2.24, 2.45) is 0 Å². The molecular formula is C18H16N2O2S2. The van der Waals surface area contributed by atoms with Crippen LogP contribution in [-0.4, -0.2) is 20.7 Å². The van der Waals surface area contributed by atoms with Crippen LogP contribution >= 0.6 is 11.8 Å². The Morgan fingerprint density at radius 1 is 0.958 bits per heavy atom. The Labute approximate surface area is 145 Å². The lowest BCUT2D eigenvalue weighted by molar-refractivity contribution is 0.591.